The molecular formula is C18H20O8S. The maximum atomic E-state index is 11.6. The summed E-state index contributed by atoms with van der Waals surface area (Å²) in [6.07, 6.45) is -4.68. The topological polar surface area (TPSA) is 97.4 Å². The highest BCUT2D eigenvalue weighted by Gasteiger charge is 2.60. The lowest BCUT2D eigenvalue weighted by Crippen LogP contribution is -2.58. The van der Waals surface area contributed by atoms with Gasteiger partial charge >= 0.3 is 17.9 Å². The largest absolute Gasteiger partial charge is 0.455 e. The van der Waals surface area contributed by atoms with E-state index in [0.29, 0.717) is 0 Å². The Bertz CT molecular complexity index is 709. The first-order valence-electron chi connectivity index (χ1n) is 8.39. The number of rotatable bonds is 5. The van der Waals surface area contributed by atoms with Crippen LogP contribution in [-0.2, 0) is 38.1 Å². The average Bonchev–Trinajstić information content (AvgIpc) is 2.95. The van der Waals surface area contributed by atoms with Crippen LogP contribution in [0.25, 0.3) is 0 Å². The van der Waals surface area contributed by atoms with Crippen LogP contribution in [0.2, 0.25) is 0 Å². The zero-order valence-electron chi connectivity index (χ0n) is 15.0. The summed E-state index contributed by atoms with van der Waals surface area (Å²) >= 11 is 1.38. The molecular weight excluding hydrogens is 376 g/mol. The maximum absolute atomic E-state index is 11.6. The monoisotopic (exact) mass is 396 g/mol. The highest BCUT2D eigenvalue weighted by molar-refractivity contribution is 7.99. The smallest absolute Gasteiger partial charge is 0.303 e. The fourth-order valence-corrected chi connectivity index (χ4v) is 4.17. The van der Waals surface area contributed by atoms with E-state index < -0.39 is 54.0 Å². The number of hydrogen-bond donors (Lipinski definition) is 0. The van der Waals surface area contributed by atoms with Crippen LogP contribution in [0.1, 0.15) is 20.8 Å². The molecule has 0 N–H and O–H groups in total. The summed E-state index contributed by atoms with van der Waals surface area (Å²) in [5, 5.41) is 0. The number of carbonyl (C=O) groups is 3. The van der Waals surface area contributed by atoms with Crippen LogP contribution in [0.3, 0.4) is 0 Å². The van der Waals surface area contributed by atoms with Gasteiger partial charge in [-0.25, -0.2) is 0 Å². The Morgan fingerprint density at radius 3 is 1.96 bits per heavy atom. The third kappa shape index (κ3) is 4.60. The number of thioether (sulfide) groups is 1. The fourth-order valence-electron chi connectivity index (χ4n) is 3.07. The van der Waals surface area contributed by atoms with Gasteiger partial charge in [0.1, 0.15) is 11.5 Å². The Labute approximate surface area is 160 Å². The molecule has 27 heavy (non-hydrogen) atoms. The standard InChI is InChI=1S/C18H20O8S/c1-9(19)22-13-14(23-10(2)20)16-18(27-12-7-5-4-6-8-12)26-17(25-16)15(13)24-11(3)21/h4-8,13-18H,1-3H3/t13-,14-,15-,16-,17+,18+/m0/s1. The third-order valence-corrected chi connectivity index (χ3v) is 5.12. The zero-order valence-corrected chi connectivity index (χ0v) is 15.8. The first kappa shape index (κ1) is 19.7. The predicted octanol–water partition coefficient (Wildman–Crippen LogP) is 1.65. The molecule has 9 heteroatoms. The van der Waals surface area contributed by atoms with Crippen molar-refractivity contribution in [2.45, 2.75) is 61.8 Å². The molecule has 2 fully saturated rings. The van der Waals surface area contributed by atoms with Crippen LogP contribution in [0.4, 0.5) is 0 Å². The van der Waals surface area contributed by atoms with Crippen molar-refractivity contribution < 1.29 is 38.1 Å². The highest BCUT2D eigenvalue weighted by atomic mass is 32.2. The van der Waals surface area contributed by atoms with E-state index in [2.05, 4.69) is 0 Å². The van der Waals surface area contributed by atoms with Gasteiger partial charge in [0.25, 0.3) is 0 Å². The maximum Gasteiger partial charge on any atom is 0.303 e. The lowest BCUT2D eigenvalue weighted by atomic mass is 10.00. The van der Waals surface area contributed by atoms with Gasteiger partial charge in [-0.2, -0.15) is 0 Å². The SMILES string of the molecule is CC(=O)O[C@H]1[C@H](OC(C)=O)[C@@H]2O[C@H](O[C@@H]2Sc2ccccc2)[C@H]1OC(C)=O. The number of ether oxygens (including phenoxy) is 5. The van der Waals surface area contributed by atoms with Crippen molar-refractivity contribution in [3.63, 3.8) is 0 Å². The number of fused-ring (bicyclic) bond motifs is 2. The fraction of sp³-hybridized carbons (Fsp3) is 0.500. The summed E-state index contributed by atoms with van der Waals surface area (Å²) in [5.41, 5.74) is -0.541. The summed E-state index contributed by atoms with van der Waals surface area (Å²) in [6, 6.07) is 9.48. The summed E-state index contributed by atoms with van der Waals surface area (Å²) in [7, 11) is 0. The van der Waals surface area contributed by atoms with Crippen LogP contribution in [0.5, 0.6) is 0 Å². The van der Waals surface area contributed by atoms with Crippen molar-refractivity contribution in [3.8, 4) is 0 Å². The molecule has 6 atom stereocenters. The van der Waals surface area contributed by atoms with Gasteiger partial charge in [0.05, 0.1) is 0 Å². The van der Waals surface area contributed by atoms with Gasteiger partial charge in [-0.3, -0.25) is 14.4 Å². The molecule has 0 radical (unpaired) electrons. The Kier molecular flexibility index (Phi) is 6.03. The van der Waals surface area contributed by atoms with Crippen LogP contribution >= 0.6 is 11.8 Å². The Hall–Kier alpha value is -2.10. The minimum Gasteiger partial charge on any atom is -0.455 e. The molecule has 2 bridgehead atoms. The quantitative estimate of drug-likeness (QED) is 0.543. The molecule has 0 unspecified atom stereocenters. The Morgan fingerprint density at radius 1 is 0.815 bits per heavy atom. The summed E-state index contributed by atoms with van der Waals surface area (Å²) < 4.78 is 27.7. The molecule has 0 saturated carbocycles. The first-order valence-corrected chi connectivity index (χ1v) is 9.27. The van der Waals surface area contributed by atoms with Crippen LogP contribution < -0.4 is 0 Å². The molecule has 1 aromatic carbocycles. The van der Waals surface area contributed by atoms with Crippen molar-refractivity contribution in [1.29, 1.82) is 0 Å². The molecule has 2 heterocycles. The van der Waals surface area contributed by atoms with Crippen LogP contribution in [0.15, 0.2) is 35.2 Å². The molecule has 8 nitrogen and oxygen atoms in total. The molecule has 0 aliphatic carbocycles. The second kappa shape index (κ2) is 8.28. The van der Waals surface area contributed by atoms with Crippen LogP contribution in [0, 0.1) is 0 Å². The van der Waals surface area contributed by atoms with E-state index >= 15 is 0 Å². The zero-order chi connectivity index (χ0) is 19.6. The lowest BCUT2D eigenvalue weighted by Gasteiger charge is -2.38. The van der Waals surface area contributed by atoms with Gasteiger partial charge in [0.15, 0.2) is 18.3 Å². The second-order valence-electron chi connectivity index (χ2n) is 6.13. The average molecular weight is 396 g/mol. The van der Waals surface area contributed by atoms with Gasteiger partial charge in [-0.15, -0.1) is 0 Å². The van der Waals surface area contributed by atoms with Crippen molar-refractivity contribution in [3.05, 3.63) is 30.3 Å². The predicted molar refractivity (Wildman–Crippen MR) is 92.5 cm³/mol. The Balaban J connectivity index is 1.90. The summed E-state index contributed by atoms with van der Waals surface area (Å²) in [5.74, 6) is -1.76. The van der Waals surface area contributed by atoms with Crippen molar-refractivity contribution in [2.24, 2.45) is 0 Å². The molecule has 0 aromatic heterocycles. The number of carbonyl (C=O) groups excluding carboxylic acids is 3. The second-order valence-corrected chi connectivity index (χ2v) is 7.30. The highest BCUT2D eigenvalue weighted by Crippen LogP contribution is 2.43. The summed E-state index contributed by atoms with van der Waals surface area (Å²) in [4.78, 5) is 35.7. The Morgan fingerprint density at radius 2 is 1.37 bits per heavy atom. The van der Waals surface area contributed by atoms with E-state index in [9.17, 15) is 14.4 Å². The number of hydrogen-bond acceptors (Lipinski definition) is 9. The molecule has 2 saturated heterocycles. The van der Waals surface area contributed by atoms with Crippen molar-refractivity contribution >= 4 is 29.7 Å². The van der Waals surface area contributed by atoms with Crippen molar-refractivity contribution in [2.75, 3.05) is 0 Å². The van der Waals surface area contributed by atoms with Crippen molar-refractivity contribution in [1.82, 2.24) is 0 Å². The van der Waals surface area contributed by atoms with Gasteiger partial charge < -0.3 is 23.7 Å². The van der Waals surface area contributed by atoms with E-state index in [1.807, 2.05) is 30.3 Å². The van der Waals surface area contributed by atoms with Gasteiger partial charge in [-0.1, -0.05) is 30.0 Å². The molecule has 0 amide bonds. The molecule has 2 aliphatic rings. The lowest BCUT2D eigenvalue weighted by molar-refractivity contribution is -0.250. The van der Waals surface area contributed by atoms with Gasteiger partial charge in [0.2, 0.25) is 6.29 Å². The van der Waals surface area contributed by atoms with Gasteiger partial charge in [0, 0.05) is 25.7 Å². The molecule has 0 spiro atoms. The van der Waals surface area contributed by atoms with E-state index in [1.54, 1.807) is 0 Å². The first-order chi connectivity index (χ1) is 12.8. The molecule has 1 aromatic rings. The third-order valence-electron chi connectivity index (χ3n) is 3.97. The van der Waals surface area contributed by atoms with Crippen LogP contribution in [-0.4, -0.2) is 54.0 Å². The molecule has 2 aliphatic heterocycles. The minimum absolute atomic E-state index is 0.541. The molecule has 146 valence electrons. The molecule has 3 rings (SSSR count). The minimum atomic E-state index is -1.05. The number of benzene rings is 1. The van der Waals surface area contributed by atoms with E-state index in [4.69, 9.17) is 23.7 Å². The van der Waals surface area contributed by atoms with E-state index in [-0.39, 0.29) is 0 Å². The normalized spacial score (nSPS) is 31.8. The van der Waals surface area contributed by atoms with E-state index in [1.165, 1.54) is 32.5 Å². The van der Waals surface area contributed by atoms with E-state index in [0.717, 1.165) is 4.90 Å². The summed E-state index contributed by atoms with van der Waals surface area (Å²) in [6.45, 7) is 3.69. The number of esters is 3. The van der Waals surface area contributed by atoms with Gasteiger partial charge in [-0.05, 0) is 12.1 Å².